The molecule has 0 aliphatic heterocycles. The molecule has 4 heteroatoms. The highest BCUT2D eigenvalue weighted by molar-refractivity contribution is 7.15. The number of rotatable bonds is 8. The van der Waals surface area contributed by atoms with Crippen molar-refractivity contribution in [2.75, 3.05) is 25.0 Å². The summed E-state index contributed by atoms with van der Waals surface area (Å²) in [6.07, 6.45) is 2.33. The zero-order chi connectivity index (χ0) is 13.5. The Balaban J connectivity index is 2.86. The number of anilines is 1. The first-order valence-corrected chi connectivity index (χ1v) is 7.87. The molecule has 0 aliphatic carbocycles. The van der Waals surface area contributed by atoms with E-state index < -0.39 is 0 Å². The third-order valence-corrected chi connectivity index (χ3v) is 4.49. The summed E-state index contributed by atoms with van der Waals surface area (Å²) in [6.45, 7) is 11.9. The molecule has 1 unspecified atom stereocenters. The molecule has 0 fully saturated rings. The predicted molar refractivity (Wildman–Crippen MR) is 81.8 cm³/mol. The first kappa shape index (κ1) is 15.4. The van der Waals surface area contributed by atoms with Gasteiger partial charge in [-0.15, -0.1) is 11.3 Å². The number of hydrogen-bond donors (Lipinski definition) is 1. The number of nitrogens with one attached hydrogen (secondary N) is 1. The molecular formula is C14H27N3S. The summed E-state index contributed by atoms with van der Waals surface area (Å²) < 4.78 is 0. The van der Waals surface area contributed by atoms with E-state index in [2.05, 4.69) is 45.0 Å². The summed E-state index contributed by atoms with van der Waals surface area (Å²) in [4.78, 5) is 8.47. The minimum absolute atomic E-state index is 0.554. The fourth-order valence-corrected chi connectivity index (χ4v) is 2.91. The topological polar surface area (TPSA) is 28.2 Å². The molecule has 1 aromatic heterocycles. The van der Waals surface area contributed by atoms with Crippen LogP contribution in [0.3, 0.4) is 0 Å². The molecule has 1 rings (SSSR count). The number of nitrogens with zero attached hydrogens (tertiary/aromatic N) is 2. The molecule has 0 aliphatic rings. The van der Waals surface area contributed by atoms with Crippen molar-refractivity contribution in [3.05, 3.63) is 10.6 Å². The lowest BCUT2D eigenvalue weighted by molar-refractivity contribution is 0.655. The van der Waals surface area contributed by atoms with Gasteiger partial charge in [-0.25, -0.2) is 4.98 Å². The van der Waals surface area contributed by atoms with Gasteiger partial charge in [0.05, 0.1) is 5.69 Å². The van der Waals surface area contributed by atoms with Crippen molar-refractivity contribution in [1.29, 1.82) is 0 Å². The fourth-order valence-electron chi connectivity index (χ4n) is 1.73. The molecule has 0 saturated heterocycles. The summed E-state index contributed by atoms with van der Waals surface area (Å²) >= 11 is 1.84. The van der Waals surface area contributed by atoms with Crippen LogP contribution in [0.5, 0.6) is 0 Å². The van der Waals surface area contributed by atoms with Gasteiger partial charge in [-0.2, -0.15) is 0 Å². The lowest BCUT2D eigenvalue weighted by Crippen LogP contribution is -2.15. The van der Waals surface area contributed by atoms with Crippen LogP contribution >= 0.6 is 11.3 Å². The zero-order valence-corrected chi connectivity index (χ0v) is 13.2. The van der Waals surface area contributed by atoms with E-state index in [0.29, 0.717) is 5.92 Å². The Hall–Kier alpha value is -0.610. The van der Waals surface area contributed by atoms with Gasteiger partial charge in [-0.05, 0) is 32.2 Å². The first-order valence-electron chi connectivity index (χ1n) is 7.05. The first-order chi connectivity index (χ1) is 8.63. The summed E-state index contributed by atoms with van der Waals surface area (Å²) in [5.74, 6) is 0.554. The second kappa shape index (κ2) is 7.74. The Morgan fingerprint density at radius 2 is 2.06 bits per heavy atom. The van der Waals surface area contributed by atoms with E-state index in [0.717, 1.165) is 31.2 Å². The number of thiazole rings is 1. The van der Waals surface area contributed by atoms with E-state index >= 15 is 0 Å². The molecule has 1 atom stereocenters. The third-order valence-electron chi connectivity index (χ3n) is 3.31. The Labute approximate surface area is 116 Å². The van der Waals surface area contributed by atoms with Crippen molar-refractivity contribution in [3.8, 4) is 0 Å². The monoisotopic (exact) mass is 269 g/mol. The van der Waals surface area contributed by atoms with Gasteiger partial charge in [-0.3, -0.25) is 0 Å². The molecule has 1 aromatic rings. The van der Waals surface area contributed by atoms with Crippen LogP contribution in [0.4, 0.5) is 5.13 Å². The van der Waals surface area contributed by atoms with Crippen LogP contribution in [0.15, 0.2) is 0 Å². The second-order valence-electron chi connectivity index (χ2n) is 4.81. The maximum atomic E-state index is 4.83. The molecule has 104 valence electrons. The van der Waals surface area contributed by atoms with Crippen LogP contribution in [0, 0.1) is 0 Å². The Kier molecular flexibility index (Phi) is 6.65. The SMILES string of the molecule is CCCNCc1sc(N(C)CC)nc1C(C)CC. The molecule has 1 heterocycles. The molecular weight excluding hydrogens is 242 g/mol. The highest BCUT2D eigenvalue weighted by atomic mass is 32.1. The van der Waals surface area contributed by atoms with Crippen molar-refractivity contribution in [2.45, 2.75) is 53.0 Å². The van der Waals surface area contributed by atoms with Gasteiger partial charge in [0.15, 0.2) is 5.13 Å². The maximum absolute atomic E-state index is 4.83. The summed E-state index contributed by atoms with van der Waals surface area (Å²) in [7, 11) is 2.11. The number of hydrogen-bond acceptors (Lipinski definition) is 4. The molecule has 0 amide bonds. The van der Waals surface area contributed by atoms with Crippen LogP contribution in [0.1, 0.15) is 57.0 Å². The van der Waals surface area contributed by atoms with E-state index in [-0.39, 0.29) is 0 Å². The van der Waals surface area contributed by atoms with Crippen LogP contribution < -0.4 is 10.2 Å². The summed E-state index contributed by atoms with van der Waals surface area (Å²) in [5, 5.41) is 4.65. The molecule has 0 spiro atoms. The van der Waals surface area contributed by atoms with Crippen molar-refractivity contribution < 1.29 is 0 Å². The summed E-state index contributed by atoms with van der Waals surface area (Å²) in [5.41, 5.74) is 1.29. The lowest BCUT2D eigenvalue weighted by Gasteiger charge is -2.11. The molecule has 0 saturated carbocycles. The van der Waals surface area contributed by atoms with Crippen molar-refractivity contribution in [2.24, 2.45) is 0 Å². The van der Waals surface area contributed by atoms with E-state index in [1.807, 2.05) is 11.3 Å². The van der Waals surface area contributed by atoms with Gasteiger partial charge in [0.25, 0.3) is 0 Å². The van der Waals surface area contributed by atoms with Crippen molar-refractivity contribution in [3.63, 3.8) is 0 Å². The highest BCUT2D eigenvalue weighted by Crippen LogP contribution is 2.31. The average molecular weight is 269 g/mol. The maximum Gasteiger partial charge on any atom is 0.185 e. The Morgan fingerprint density at radius 3 is 2.61 bits per heavy atom. The van der Waals surface area contributed by atoms with Gasteiger partial charge >= 0.3 is 0 Å². The van der Waals surface area contributed by atoms with Gasteiger partial charge in [0.2, 0.25) is 0 Å². The smallest absolute Gasteiger partial charge is 0.185 e. The molecule has 0 bridgehead atoms. The van der Waals surface area contributed by atoms with Gasteiger partial charge < -0.3 is 10.2 Å². The Morgan fingerprint density at radius 1 is 1.33 bits per heavy atom. The van der Waals surface area contributed by atoms with E-state index in [1.54, 1.807) is 0 Å². The molecule has 18 heavy (non-hydrogen) atoms. The minimum atomic E-state index is 0.554. The quantitative estimate of drug-likeness (QED) is 0.731. The Bertz CT molecular complexity index is 349. The fraction of sp³-hybridized carbons (Fsp3) is 0.786. The zero-order valence-electron chi connectivity index (χ0n) is 12.4. The average Bonchev–Trinajstić information content (AvgIpc) is 2.81. The largest absolute Gasteiger partial charge is 0.351 e. The summed E-state index contributed by atoms with van der Waals surface area (Å²) in [6, 6.07) is 0. The van der Waals surface area contributed by atoms with Gasteiger partial charge in [0.1, 0.15) is 0 Å². The van der Waals surface area contributed by atoms with E-state index in [1.165, 1.54) is 17.0 Å². The van der Waals surface area contributed by atoms with Gasteiger partial charge in [0, 0.05) is 25.0 Å². The molecule has 3 nitrogen and oxygen atoms in total. The highest BCUT2D eigenvalue weighted by Gasteiger charge is 2.17. The van der Waals surface area contributed by atoms with Crippen LogP contribution in [0.2, 0.25) is 0 Å². The molecule has 1 N–H and O–H groups in total. The van der Waals surface area contributed by atoms with Gasteiger partial charge in [-0.1, -0.05) is 20.8 Å². The number of aromatic nitrogens is 1. The second-order valence-corrected chi connectivity index (χ2v) is 5.87. The van der Waals surface area contributed by atoms with Crippen molar-refractivity contribution in [1.82, 2.24) is 10.3 Å². The van der Waals surface area contributed by atoms with Crippen LogP contribution in [-0.4, -0.2) is 25.1 Å². The third kappa shape index (κ3) is 3.95. The predicted octanol–water partition coefficient (Wildman–Crippen LogP) is 3.61. The van der Waals surface area contributed by atoms with Crippen LogP contribution in [0.25, 0.3) is 0 Å². The standard InChI is InChI=1S/C14H27N3S/c1-6-9-15-10-12-13(11(4)7-2)16-14(18-12)17(5)8-3/h11,15H,6-10H2,1-5H3. The van der Waals surface area contributed by atoms with Crippen molar-refractivity contribution >= 4 is 16.5 Å². The van der Waals surface area contributed by atoms with Crippen LogP contribution in [-0.2, 0) is 6.54 Å². The molecule has 0 radical (unpaired) electrons. The van der Waals surface area contributed by atoms with E-state index in [4.69, 9.17) is 4.98 Å². The lowest BCUT2D eigenvalue weighted by atomic mass is 10.0. The minimum Gasteiger partial charge on any atom is -0.351 e. The normalized spacial score (nSPS) is 12.7. The van der Waals surface area contributed by atoms with E-state index in [9.17, 15) is 0 Å². The molecule has 0 aromatic carbocycles.